The molecule has 1 aromatic rings. The fourth-order valence-electron chi connectivity index (χ4n) is 3.57. The highest BCUT2D eigenvalue weighted by molar-refractivity contribution is 7.80. The number of piperidine rings is 1. The molecule has 0 aliphatic carbocycles. The van der Waals surface area contributed by atoms with Crippen molar-refractivity contribution in [1.82, 2.24) is 4.90 Å². The van der Waals surface area contributed by atoms with E-state index in [2.05, 4.69) is 19.2 Å². The maximum Gasteiger partial charge on any atom is 0.410 e. The predicted octanol–water partition coefficient (Wildman–Crippen LogP) is 2.14. The normalized spacial score (nSPS) is 15.3. The van der Waals surface area contributed by atoms with Crippen molar-refractivity contribution in [3.05, 3.63) is 56.1 Å². The van der Waals surface area contributed by atoms with Crippen LogP contribution in [0.2, 0.25) is 0 Å². The lowest BCUT2D eigenvalue weighted by Crippen LogP contribution is -2.45. The molecule has 1 heterocycles. The molecule has 1 aliphatic rings. The van der Waals surface area contributed by atoms with Gasteiger partial charge in [0.2, 0.25) is 0 Å². The van der Waals surface area contributed by atoms with Crippen molar-refractivity contribution in [2.24, 2.45) is 11.7 Å². The minimum absolute atomic E-state index is 0.0556. The topological polar surface area (TPSA) is 194 Å². The van der Waals surface area contributed by atoms with Crippen molar-refractivity contribution in [3.63, 3.8) is 0 Å². The number of carbonyl (C=O) groups is 3. The fourth-order valence-corrected chi connectivity index (χ4v) is 3.88. The van der Waals surface area contributed by atoms with E-state index in [-0.39, 0.29) is 49.4 Å². The molecular formula is C22H28N4O10S. The number of carbonyl (C=O) groups excluding carboxylic acids is 3. The number of benzene rings is 1. The number of thiol groups is 1. The van der Waals surface area contributed by atoms with Gasteiger partial charge in [-0.3, -0.25) is 25.0 Å². The number of rotatable bonds is 11. The van der Waals surface area contributed by atoms with E-state index in [1.54, 1.807) is 0 Å². The van der Waals surface area contributed by atoms with Gasteiger partial charge in [0.25, 0.3) is 11.4 Å². The quantitative estimate of drug-likeness (QED) is 0.104. The molecule has 2 atom stereocenters. The van der Waals surface area contributed by atoms with Gasteiger partial charge >= 0.3 is 18.0 Å². The second-order valence-corrected chi connectivity index (χ2v) is 8.59. The maximum atomic E-state index is 12.7. The van der Waals surface area contributed by atoms with Crippen molar-refractivity contribution in [3.8, 4) is 0 Å². The SMILES string of the molecule is C=C(C)C(=O)OC(CN)C(CS)OC(=O)C1CCN(C(=O)OCc2c([N+](=O)[O-])cccc2[N+](=O)[O-])CC1. The van der Waals surface area contributed by atoms with E-state index in [1.165, 1.54) is 17.9 Å². The molecular weight excluding hydrogens is 512 g/mol. The van der Waals surface area contributed by atoms with Crippen molar-refractivity contribution in [1.29, 1.82) is 0 Å². The van der Waals surface area contributed by atoms with Crippen LogP contribution in [-0.4, -0.2) is 70.4 Å². The molecule has 202 valence electrons. The lowest BCUT2D eigenvalue weighted by Gasteiger charge is -2.32. The predicted molar refractivity (Wildman–Crippen MR) is 132 cm³/mol. The van der Waals surface area contributed by atoms with Gasteiger partial charge < -0.3 is 24.8 Å². The Balaban J connectivity index is 1.94. The summed E-state index contributed by atoms with van der Waals surface area (Å²) in [6.07, 6.45) is -2.16. The summed E-state index contributed by atoms with van der Waals surface area (Å²) in [5, 5.41) is 22.5. The summed E-state index contributed by atoms with van der Waals surface area (Å²) < 4.78 is 15.8. The van der Waals surface area contributed by atoms with Gasteiger partial charge in [-0.1, -0.05) is 6.58 Å². The third kappa shape index (κ3) is 7.88. The molecule has 0 spiro atoms. The number of nitro groups is 2. The Hall–Kier alpha value is -3.72. The highest BCUT2D eigenvalue weighted by Crippen LogP contribution is 2.29. The summed E-state index contributed by atoms with van der Waals surface area (Å²) in [5.41, 5.74) is 4.43. The Kier molecular flexibility index (Phi) is 10.8. The highest BCUT2D eigenvalue weighted by atomic mass is 32.1. The largest absolute Gasteiger partial charge is 0.457 e. The number of nitrogens with zero attached hydrogens (tertiary/aromatic N) is 3. The molecule has 1 aromatic carbocycles. The van der Waals surface area contributed by atoms with Crippen molar-refractivity contribution < 1.29 is 38.4 Å². The lowest BCUT2D eigenvalue weighted by atomic mass is 9.97. The molecule has 2 N–H and O–H groups in total. The monoisotopic (exact) mass is 540 g/mol. The fraction of sp³-hybridized carbons (Fsp3) is 0.500. The minimum Gasteiger partial charge on any atom is -0.457 e. The average molecular weight is 541 g/mol. The first-order valence-electron chi connectivity index (χ1n) is 11.2. The Bertz CT molecular complexity index is 1030. The van der Waals surface area contributed by atoms with Crippen LogP contribution in [0.5, 0.6) is 0 Å². The third-order valence-corrected chi connectivity index (χ3v) is 6.01. The molecule has 0 bridgehead atoms. The van der Waals surface area contributed by atoms with Crippen molar-refractivity contribution in [2.75, 3.05) is 25.4 Å². The van der Waals surface area contributed by atoms with Gasteiger partial charge in [0, 0.05) is 43.1 Å². The van der Waals surface area contributed by atoms with Crippen molar-refractivity contribution in [2.45, 2.75) is 38.6 Å². The van der Waals surface area contributed by atoms with E-state index in [9.17, 15) is 34.6 Å². The smallest absolute Gasteiger partial charge is 0.410 e. The second kappa shape index (κ2) is 13.5. The van der Waals surface area contributed by atoms with Crippen molar-refractivity contribution >= 4 is 42.0 Å². The molecule has 15 heteroatoms. The summed E-state index contributed by atoms with van der Waals surface area (Å²) in [6.45, 7) is 4.44. The van der Waals surface area contributed by atoms with Gasteiger partial charge in [0.05, 0.1) is 15.8 Å². The maximum absolute atomic E-state index is 12.7. The van der Waals surface area contributed by atoms with Crippen LogP contribution in [0.1, 0.15) is 25.3 Å². The first-order valence-corrected chi connectivity index (χ1v) is 11.8. The summed E-state index contributed by atoms with van der Waals surface area (Å²) in [5.74, 6) is -1.73. The molecule has 1 aliphatic heterocycles. The molecule has 14 nitrogen and oxygen atoms in total. The second-order valence-electron chi connectivity index (χ2n) is 8.22. The molecule has 1 saturated heterocycles. The van der Waals surface area contributed by atoms with Crippen LogP contribution >= 0.6 is 12.6 Å². The van der Waals surface area contributed by atoms with Gasteiger partial charge in [0.15, 0.2) is 6.10 Å². The Morgan fingerprint density at radius 2 is 1.70 bits per heavy atom. The van der Waals surface area contributed by atoms with Crippen LogP contribution in [0.15, 0.2) is 30.4 Å². The van der Waals surface area contributed by atoms with Gasteiger partial charge in [-0.05, 0) is 25.8 Å². The zero-order chi connectivity index (χ0) is 27.7. The molecule has 0 saturated carbocycles. The minimum atomic E-state index is -0.910. The Labute approximate surface area is 217 Å². The molecule has 0 radical (unpaired) electrons. The van der Waals surface area contributed by atoms with Crippen LogP contribution < -0.4 is 5.73 Å². The number of nitrogens with two attached hydrogens (primary N) is 1. The average Bonchev–Trinajstić information content (AvgIpc) is 2.88. The summed E-state index contributed by atoms with van der Waals surface area (Å²) >= 11 is 4.16. The number of nitro benzene ring substituents is 2. The van der Waals surface area contributed by atoms with Crippen LogP contribution in [0, 0.1) is 26.1 Å². The van der Waals surface area contributed by atoms with Gasteiger partial charge in [0.1, 0.15) is 18.3 Å². The van der Waals surface area contributed by atoms with Crippen LogP contribution in [0.25, 0.3) is 0 Å². The summed E-state index contributed by atoms with van der Waals surface area (Å²) in [4.78, 5) is 59.1. The first-order chi connectivity index (χ1) is 17.5. The van der Waals surface area contributed by atoms with E-state index in [0.29, 0.717) is 0 Å². The zero-order valence-corrected chi connectivity index (χ0v) is 21.0. The molecule has 1 fully saturated rings. The number of amides is 1. The number of likely N-dealkylation sites (tertiary alicyclic amines) is 1. The van der Waals surface area contributed by atoms with E-state index in [1.807, 2.05) is 0 Å². The lowest BCUT2D eigenvalue weighted by molar-refractivity contribution is -0.396. The molecule has 1 amide bonds. The number of ether oxygens (including phenoxy) is 3. The van der Waals surface area contributed by atoms with Crippen LogP contribution in [0.3, 0.4) is 0 Å². The van der Waals surface area contributed by atoms with Crippen LogP contribution in [-0.2, 0) is 30.4 Å². The van der Waals surface area contributed by atoms with E-state index < -0.39 is 64.0 Å². The standard InChI is InChI=1S/C22H28N4O10S/c1-13(2)20(27)35-18(10-23)19(12-37)36-21(28)14-6-8-24(9-7-14)22(29)34-11-15-16(25(30)31)4-3-5-17(15)26(32)33/h3-5,14,18-19,37H,1,6-12,23H2,2H3. The molecule has 0 aromatic heterocycles. The number of hydrogen-bond acceptors (Lipinski definition) is 12. The molecule has 2 unspecified atom stereocenters. The van der Waals surface area contributed by atoms with Crippen LogP contribution in [0.4, 0.5) is 16.2 Å². The first kappa shape index (κ1) is 29.5. The number of esters is 2. The third-order valence-electron chi connectivity index (χ3n) is 5.65. The Morgan fingerprint density at radius 3 is 2.16 bits per heavy atom. The Morgan fingerprint density at radius 1 is 1.14 bits per heavy atom. The molecule has 37 heavy (non-hydrogen) atoms. The molecule has 2 rings (SSSR count). The van der Waals surface area contributed by atoms with E-state index >= 15 is 0 Å². The zero-order valence-electron chi connectivity index (χ0n) is 20.1. The van der Waals surface area contributed by atoms with Gasteiger partial charge in [-0.15, -0.1) is 0 Å². The summed E-state index contributed by atoms with van der Waals surface area (Å²) in [7, 11) is 0. The van der Waals surface area contributed by atoms with E-state index in [0.717, 1.165) is 12.1 Å². The van der Waals surface area contributed by atoms with E-state index in [4.69, 9.17) is 19.9 Å². The van der Waals surface area contributed by atoms with Gasteiger partial charge in [-0.2, -0.15) is 12.6 Å². The van der Waals surface area contributed by atoms with Gasteiger partial charge in [-0.25, -0.2) is 9.59 Å². The highest BCUT2D eigenvalue weighted by Gasteiger charge is 2.34. The summed E-state index contributed by atoms with van der Waals surface area (Å²) in [6, 6.07) is 3.34. The number of hydrogen-bond donors (Lipinski definition) is 2.